The third-order valence-electron chi connectivity index (χ3n) is 3.21. The smallest absolute Gasteiger partial charge is 0.243 e. The minimum Gasteiger partial charge on any atom is -0.326 e. The first kappa shape index (κ1) is 16.7. The number of amides is 1. The highest BCUT2D eigenvalue weighted by molar-refractivity contribution is 7.89. The van der Waals surface area contributed by atoms with E-state index in [2.05, 4.69) is 5.32 Å². The van der Waals surface area contributed by atoms with Crippen molar-refractivity contribution in [2.24, 2.45) is 0 Å². The normalized spacial score (nSPS) is 11.6. The predicted octanol–water partition coefficient (Wildman–Crippen LogP) is 2.84. The van der Waals surface area contributed by atoms with Crippen molar-refractivity contribution in [2.45, 2.75) is 25.3 Å². The fourth-order valence-corrected chi connectivity index (χ4v) is 3.84. The molecule has 0 saturated heterocycles. The quantitative estimate of drug-likeness (QED) is 0.911. The van der Waals surface area contributed by atoms with Crippen molar-refractivity contribution in [2.75, 3.05) is 12.4 Å². The highest BCUT2D eigenvalue weighted by Crippen LogP contribution is 2.23. The van der Waals surface area contributed by atoms with Crippen LogP contribution in [0.1, 0.15) is 18.1 Å². The van der Waals surface area contributed by atoms with Gasteiger partial charge in [-0.25, -0.2) is 8.42 Å². The van der Waals surface area contributed by atoms with Crippen LogP contribution >= 0.6 is 11.3 Å². The van der Waals surface area contributed by atoms with Crippen LogP contribution in [0, 0.1) is 6.92 Å². The number of thiophene rings is 1. The molecule has 0 atom stereocenters. The van der Waals surface area contributed by atoms with E-state index in [0.717, 1.165) is 11.1 Å². The zero-order chi connectivity index (χ0) is 16.3. The lowest BCUT2D eigenvalue weighted by Gasteiger charge is -2.18. The van der Waals surface area contributed by atoms with Crippen LogP contribution in [0.25, 0.3) is 0 Å². The van der Waals surface area contributed by atoms with Gasteiger partial charge in [-0.2, -0.15) is 15.6 Å². The Hall–Kier alpha value is -1.70. The van der Waals surface area contributed by atoms with Crippen molar-refractivity contribution in [1.29, 1.82) is 0 Å². The second kappa shape index (κ2) is 6.60. The van der Waals surface area contributed by atoms with Crippen LogP contribution in [0.2, 0.25) is 0 Å². The maximum atomic E-state index is 12.6. The van der Waals surface area contributed by atoms with Crippen molar-refractivity contribution in [3.05, 3.63) is 46.2 Å². The number of hydrogen-bond acceptors (Lipinski definition) is 4. The van der Waals surface area contributed by atoms with Crippen molar-refractivity contribution in [3.63, 3.8) is 0 Å². The molecule has 0 unspecified atom stereocenters. The molecule has 0 aliphatic heterocycles. The Bertz CT molecular complexity index is 768. The van der Waals surface area contributed by atoms with Gasteiger partial charge >= 0.3 is 0 Å². The van der Waals surface area contributed by atoms with Gasteiger partial charge in [-0.1, -0.05) is 6.07 Å². The molecule has 0 aliphatic rings. The molecule has 7 heteroatoms. The van der Waals surface area contributed by atoms with E-state index >= 15 is 0 Å². The molecule has 1 aromatic carbocycles. The van der Waals surface area contributed by atoms with Gasteiger partial charge in [0, 0.05) is 26.2 Å². The summed E-state index contributed by atoms with van der Waals surface area (Å²) in [5.41, 5.74) is 2.28. The molecule has 2 aromatic rings. The molecule has 0 fully saturated rings. The summed E-state index contributed by atoms with van der Waals surface area (Å²) >= 11 is 1.53. The zero-order valence-corrected chi connectivity index (χ0v) is 14.3. The lowest BCUT2D eigenvalue weighted by atomic mass is 10.2. The molecule has 118 valence electrons. The van der Waals surface area contributed by atoms with Gasteiger partial charge in [0.15, 0.2) is 0 Å². The summed E-state index contributed by atoms with van der Waals surface area (Å²) in [4.78, 5) is 11.4. The van der Waals surface area contributed by atoms with E-state index in [4.69, 9.17) is 0 Å². The van der Waals surface area contributed by atoms with Gasteiger partial charge < -0.3 is 5.32 Å². The van der Waals surface area contributed by atoms with Crippen LogP contribution in [-0.2, 0) is 21.4 Å². The van der Waals surface area contributed by atoms with Gasteiger partial charge in [0.05, 0.1) is 4.90 Å². The number of hydrogen-bond donors (Lipinski definition) is 1. The monoisotopic (exact) mass is 338 g/mol. The summed E-state index contributed by atoms with van der Waals surface area (Å²) in [5.74, 6) is -0.232. The van der Waals surface area contributed by atoms with E-state index in [9.17, 15) is 13.2 Å². The number of anilines is 1. The molecule has 0 saturated carbocycles. The first-order valence-electron chi connectivity index (χ1n) is 6.66. The molecule has 1 aromatic heterocycles. The minimum atomic E-state index is -3.60. The third kappa shape index (κ3) is 3.73. The molecule has 0 aliphatic carbocycles. The number of sulfonamides is 1. The van der Waals surface area contributed by atoms with Crippen LogP contribution in [0.5, 0.6) is 0 Å². The largest absolute Gasteiger partial charge is 0.326 e. The number of nitrogens with one attached hydrogen (secondary N) is 1. The summed E-state index contributed by atoms with van der Waals surface area (Å²) < 4.78 is 26.6. The Labute approximate surface area is 134 Å². The van der Waals surface area contributed by atoms with Gasteiger partial charge in [0.25, 0.3) is 0 Å². The van der Waals surface area contributed by atoms with Crippen molar-refractivity contribution in [3.8, 4) is 0 Å². The van der Waals surface area contributed by atoms with Gasteiger partial charge in [-0.3, -0.25) is 4.79 Å². The van der Waals surface area contributed by atoms with E-state index in [-0.39, 0.29) is 10.8 Å². The predicted molar refractivity (Wildman–Crippen MR) is 88.5 cm³/mol. The molecule has 0 spiro atoms. The average molecular weight is 338 g/mol. The number of carbonyl (C=O) groups excluding carboxylic acids is 1. The van der Waals surface area contributed by atoms with Crippen molar-refractivity contribution in [1.82, 2.24) is 4.31 Å². The van der Waals surface area contributed by atoms with E-state index in [1.807, 2.05) is 23.8 Å². The molecule has 2 rings (SSSR count). The van der Waals surface area contributed by atoms with Gasteiger partial charge in [-0.05, 0) is 47.0 Å². The molecule has 1 amide bonds. The molecule has 5 nitrogen and oxygen atoms in total. The first-order valence-corrected chi connectivity index (χ1v) is 9.04. The SMILES string of the molecule is CC(=O)Nc1cc(S(=O)(=O)N(C)Cc2ccsc2)ccc1C. The standard InChI is InChI=1S/C15H18N2O3S2/c1-11-4-5-14(8-15(11)16-12(2)18)22(19,20)17(3)9-13-6-7-21-10-13/h4-8,10H,9H2,1-3H3,(H,16,18). The Morgan fingerprint density at radius 3 is 2.64 bits per heavy atom. The Morgan fingerprint density at radius 2 is 2.05 bits per heavy atom. The molecule has 0 radical (unpaired) electrons. The van der Waals surface area contributed by atoms with E-state index in [1.54, 1.807) is 19.2 Å². The summed E-state index contributed by atoms with van der Waals surface area (Å²) in [7, 11) is -2.06. The number of benzene rings is 1. The fraction of sp³-hybridized carbons (Fsp3) is 0.267. The van der Waals surface area contributed by atoms with Crippen LogP contribution in [0.3, 0.4) is 0 Å². The van der Waals surface area contributed by atoms with Gasteiger partial charge in [-0.15, -0.1) is 0 Å². The fourth-order valence-electron chi connectivity index (χ4n) is 1.99. The topological polar surface area (TPSA) is 66.5 Å². The van der Waals surface area contributed by atoms with Crippen LogP contribution in [0.4, 0.5) is 5.69 Å². The highest BCUT2D eigenvalue weighted by atomic mass is 32.2. The van der Waals surface area contributed by atoms with Crippen molar-refractivity contribution >= 4 is 33.0 Å². The summed E-state index contributed by atoms with van der Waals surface area (Å²) in [6, 6.07) is 6.64. The Morgan fingerprint density at radius 1 is 1.32 bits per heavy atom. The Balaban J connectivity index is 2.30. The first-order chi connectivity index (χ1) is 10.3. The summed E-state index contributed by atoms with van der Waals surface area (Å²) in [5, 5.41) is 6.48. The van der Waals surface area contributed by atoms with E-state index in [1.165, 1.54) is 28.6 Å². The highest BCUT2D eigenvalue weighted by Gasteiger charge is 2.22. The average Bonchev–Trinajstić information content (AvgIpc) is 2.93. The van der Waals surface area contributed by atoms with Crippen LogP contribution in [-0.4, -0.2) is 25.7 Å². The lowest BCUT2D eigenvalue weighted by Crippen LogP contribution is -2.26. The molecular formula is C15H18N2O3S2. The maximum Gasteiger partial charge on any atom is 0.243 e. The number of rotatable bonds is 5. The van der Waals surface area contributed by atoms with Crippen LogP contribution < -0.4 is 5.32 Å². The van der Waals surface area contributed by atoms with E-state index < -0.39 is 10.0 Å². The number of aryl methyl sites for hydroxylation is 1. The second-order valence-corrected chi connectivity index (χ2v) is 7.88. The van der Waals surface area contributed by atoms with Gasteiger partial charge in [0.1, 0.15) is 0 Å². The van der Waals surface area contributed by atoms with Crippen molar-refractivity contribution < 1.29 is 13.2 Å². The third-order valence-corrected chi connectivity index (χ3v) is 5.74. The maximum absolute atomic E-state index is 12.6. The lowest BCUT2D eigenvalue weighted by molar-refractivity contribution is -0.114. The second-order valence-electron chi connectivity index (χ2n) is 5.05. The molecule has 1 N–H and O–H groups in total. The molecule has 0 bridgehead atoms. The number of carbonyl (C=O) groups is 1. The van der Waals surface area contributed by atoms with E-state index in [0.29, 0.717) is 12.2 Å². The molecule has 22 heavy (non-hydrogen) atoms. The van der Waals surface area contributed by atoms with Crippen LogP contribution in [0.15, 0.2) is 39.9 Å². The number of nitrogens with zero attached hydrogens (tertiary/aromatic N) is 1. The summed E-state index contributed by atoms with van der Waals surface area (Å²) in [6.45, 7) is 3.52. The summed E-state index contributed by atoms with van der Waals surface area (Å²) in [6.07, 6.45) is 0. The molecular weight excluding hydrogens is 320 g/mol. The zero-order valence-electron chi connectivity index (χ0n) is 12.7. The Kier molecular flexibility index (Phi) is 5.00. The minimum absolute atomic E-state index is 0.166. The molecule has 1 heterocycles. The van der Waals surface area contributed by atoms with Gasteiger partial charge in [0.2, 0.25) is 15.9 Å².